The number of fused-ring (bicyclic) bond motifs is 1. The van der Waals surface area contributed by atoms with Gasteiger partial charge in [0.25, 0.3) is 0 Å². The second-order valence-corrected chi connectivity index (χ2v) is 5.34. The third-order valence-corrected chi connectivity index (χ3v) is 3.55. The maximum absolute atomic E-state index is 9.23. The number of hydrogen-bond donors (Lipinski definition) is 1. The lowest BCUT2D eigenvalue weighted by atomic mass is 9.77. The van der Waals surface area contributed by atoms with E-state index in [1.165, 1.54) is 21.9 Å². The van der Waals surface area contributed by atoms with Crippen LogP contribution in [0.1, 0.15) is 31.4 Å². The van der Waals surface area contributed by atoms with Gasteiger partial charge in [-0.1, -0.05) is 50.2 Å². The van der Waals surface area contributed by atoms with Gasteiger partial charge in [-0.05, 0) is 40.7 Å². The molecule has 0 spiro atoms. The molecule has 90 valence electrons. The van der Waals surface area contributed by atoms with Crippen molar-refractivity contribution in [1.29, 1.82) is 0 Å². The van der Waals surface area contributed by atoms with Crippen LogP contribution in [0.4, 0.5) is 0 Å². The Kier molecular flexibility index (Phi) is 3.21. The molecule has 0 fully saturated rings. The summed E-state index contributed by atoms with van der Waals surface area (Å²) in [4.78, 5) is 0. The van der Waals surface area contributed by atoms with Crippen molar-refractivity contribution >= 4 is 10.8 Å². The Morgan fingerprint density at radius 2 is 1.76 bits per heavy atom. The first-order chi connectivity index (χ1) is 8.06. The summed E-state index contributed by atoms with van der Waals surface area (Å²) in [5.41, 5.74) is 2.69. The Bertz CT molecular complexity index is 526. The molecule has 2 aromatic rings. The average molecular weight is 228 g/mol. The van der Waals surface area contributed by atoms with Crippen LogP contribution in [0.25, 0.3) is 10.8 Å². The summed E-state index contributed by atoms with van der Waals surface area (Å²) in [5, 5.41) is 11.8. The molecule has 17 heavy (non-hydrogen) atoms. The number of aliphatic hydroxyl groups is 1. The van der Waals surface area contributed by atoms with E-state index in [9.17, 15) is 5.11 Å². The molecule has 0 saturated heterocycles. The van der Waals surface area contributed by atoms with Gasteiger partial charge in [0.1, 0.15) is 0 Å². The molecule has 1 N–H and O–H groups in total. The van der Waals surface area contributed by atoms with Crippen LogP contribution in [0.2, 0.25) is 0 Å². The maximum Gasteiger partial charge on any atom is 0.0439 e. The molecule has 0 aliphatic heterocycles. The Hall–Kier alpha value is -1.34. The fourth-order valence-corrected chi connectivity index (χ4v) is 2.68. The lowest BCUT2D eigenvalue weighted by molar-refractivity contribution is 0.252. The van der Waals surface area contributed by atoms with Crippen LogP contribution < -0.4 is 0 Å². The van der Waals surface area contributed by atoms with Gasteiger partial charge in [-0.2, -0.15) is 0 Å². The summed E-state index contributed by atoms with van der Waals surface area (Å²) in [7, 11) is 0. The zero-order valence-electron chi connectivity index (χ0n) is 10.8. The fourth-order valence-electron chi connectivity index (χ4n) is 2.68. The van der Waals surface area contributed by atoms with Crippen LogP contribution in [0.15, 0.2) is 36.4 Å². The Labute approximate surface area is 103 Å². The van der Waals surface area contributed by atoms with Gasteiger partial charge in [-0.3, -0.25) is 0 Å². The first kappa shape index (κ1) is 12.1. The summed E-state index contributed by atoms with van der Waals surface area (Å²) >= 11 is 0. The molecule has 1 nitrogen and oxygen atoms in total. The van der Waals surface area contributed by atoms with Crippen LogP contribution in [0, 0.1) is 6.92 Å². The lowest BCUT2D eigenvalue weighted by Gasteiger charge is -2.28. The third kappa shape index (κ3) is 2.20. The Balaban J connectivity index is 2.70. The van der Waals surface area contributed by atoms with Gasteiger partial charge in [-0.25, -0.2) is 0 Å². The van der Waals surface area contributed by atoms with Crippen LogP contribution in [0.3, 0.4) is 0 Å². The van der Waals surface area contributed by atoms with Gasteiger partial charge < -0.3 is 5.11 Å². The minimum absolute atomic E-state index is 0.0136. The SMILES string of the molecule is Cc1ccc2ccccc2c1C(C)(C)CCO. The lowest BCUT2D eigenvalue weighted by Crippen LogP contribution is -2.20. The van der Waals surface area contributed by atoms with Crippen molar-refractivity contribution in [2.24, 2.45) is 0 Å². The predicted octanol–water partition coefficient (Wildman–Crippen LogP) is 3.81. The number of benzene rings is 2. The summed E-state index contributed by atoms with van der Waals surface area (Å²) < 4.78 is 0. The Morgan fingerprint density at radius 1 is 1.06 bits per heavy atom. The quantitative estimate of drug-likeness (QED) is 0.847. The highest BCUT2D eigenvalue weighted by Gasteiger charge is 2.23. The summed E-state index contributed by atoms with van der Waals surface area (Å²) in [6.07, 6.45) is 0.793. The minimum atomic E-state index is 0.0136. The predicted molar refractivity (Wildman–Crippen MR) is 73.4 cm³/mol. The van der Waals surface area contributed by atoms with Gasteiger partial charge >= 0.3 is 0 Å². The molecule has 0 amide bonds. The van der Waals surface area contributed by atoms with Gasteiger partial charge in [-0.15, -0.1) is 0 Å². The van der Waals surface area contributed by atoms with E-state index in [-0.39, 0.29) is 12.0 Å². The van der Waals surface area contributed by atoms with E-state index >= 15 is 0 Å². The molecule has 0 aliphatic rings. The van der Waals surface area contributed by atoms with E-state index in [4.69, 9.17) is 0 Å². The number of hydrogen-bond acceptors (Lipinski definition) is 1. The smallest absolute Gasteiger partial charge is 0.0439 e. The molecule has 0 heterocycles. The van der Waals surface area contributed by atoms with Crippen LogP contribution in [-0.2, 0) is 5.41 Å². The van der Waals surface area contributed by atoms with Crippen LogP contribution in [0.5, 0.6) is 0 Å². The van der Waals surface area contributed by atoms with E-state index in [0.717, 1.165) is 6.42 Å². The van der Waals surface area contributed by atoms with E-state index < -0.39 is 0 Å². The van der Waals surface area contributed by atoms with Crippen molar-refractivity contribution in [1.82, 2.24) is 0 Å². The zero-order chi connectivity index (χ0) is 12.5. The number of aliphatic hydroxyl groups excluding tert-OH is 1. The molecule has 2 rings (SSSR count). The van der Waals surface area contributed by atoms with Crippen LogP contribution in [-0.4, -0.2) is 11.7 Å². The highest BCUT2D eigenvalue weighted by molar-refractivity contribution is 5.87. The molecule has 0 saturated carbocycles. The zero-order valence-corrected chi connectivity index (χ0v) is 10.8. The third-order valence-electron chi connectivity index (χ3n) is 3.55. The van der Waals surface area contributed by atoms with Gasteiger partial charge in [0.2, 0.25) is 0 Å². The first-order valence-corrected chi connectivity index (χ1v) is 6.16. The van der Waals surface area contributed by atoms with E-state index in [1.54, 1.807) is 0 Å². The Morgan fingerprint density at radius 3 is 2.47 bits per heavy atom. The number of rotatable bonds is 3. The molecule has 0 atom stereocenters. The average Bonchev–Trinajstić information content (AvgIpc) is 2.28. The van der Waals surface area contributed by atoms with Crippen molar-refractivity contribution in [3.63, 3.8) is 0 Å². The van der Waals surface area contributed by atoms with Gasteiger partial charge in [0, 0.05) is 6.61 Å². The highest BCUT2D eigenvalue weighted by atomic mass is 16.3. The molecular weight excluding hydrogens is 208 g/mol. The van der Waals surface area contributed by atoms with Gasteiger partial charge in [0.05, 0.1) is 0 Å². The minimum Gasteiger partial charge on any atom is -0.396 e. The van der Waals surface area contributed by atoms with E-state index in [2.05, 4.69) is 57.2 Å². The van der Waals surface area contributed by atoms with Gasteiger partial charge in [0.15, 0.2) is 0 Å². The molecule has 1 heteroatoms. The fraction of sp³-hybridized carbons (Fsp3) is 0.375. The summed E-state index contributed by atoms with van der Waals surface area (Å²) in [5.74, 6) is 0. The van der Waals surface area contributed by atoms with E-state index in [1.807, 2.05) is 0 Å². The molecule has 0 aliphatic carbocycles. The second-order valence-electron chi connectivity index (χ2n) is 5.34. The maximum atomic E-state index is 9.23. The van der Waals surface area contributed by atoms with Crippen molar-refractivity contribution in [3.05, 3.63) is 47.5 Å². The molecular formula is C16H20O. The van der Waals surface area contributed by atoms with Crippen molar-refractivity contribution in [2.45, 2.75) is 32.6 Å². The summed E-state index contributed by atoms with van der Waals surface area (Å²) in [6, 6.07) is 12.8. The van der Waals surface area contributed by atoms with Crippen LogP contribution >= 0.6 is 0 Å². The van der Waals surface area contributed by atoms with E-state index in [0.29, 0.717) is 0 Å². The van der Waals surface area contributed by atoms with Crippen molar-refractivity contribution in [3.8, 4) is 0 Å². The van der Waals surface area contributed by atoms with Crippen molar-refractivity contribution in [2.75, 3.05) is 6.61 Å². The molecule has 0 bridgehead atoms. The summed E-state index contributed by atoms with van der Waals surface area (Å²) in [6.45, 7) is 6.80. The molecule has 2 aromatic carbocycles. The monoisotopic (exact) mass is 228 g/mol. The molecule has 0 radical (unpaired) electrons. The second kappa shape index (κ2) is 4.50. The largest absolute Gasteiger partial charge is 0.396 e. The molecule has 0 unspecified atom stereocenters. The standard InChI is InChI=1S/C16H20O/c1-12-8-9-13-6-4-5-7-14(13)15(12)16(2,3)10-11-17/h4-9,17H,10-11H2,1-3H3. The first-order valence-electron chi connectivity index (χ1n) is 6.16. The number of aryl methyl sites for hydroxylation is 1. The normalized spacial score (nSPS) is 12.0. The van der Waals surface area contributed by atoms with Crippen molar-refractivity contribution < 1.29 is 5.11 Å². The topological polar surface area (TPSA) is 20.2 Å². The molecule has 0 aromatic heterocycles. The highest BCUT2D eigenvalue weighted by Crippen LogP contribution is 2.35.